The molecule has 0 aromatic heterocycles. The number of carbonyl (C=O) groups is 2. The highest BCUT2D eigenvalue weighted by Gasteiger charge is 2.27. The van der Waals surface area contributed by atoms with E-state index in [1.54, 1.807) is 48.5 Å². The number of carbonyl (C=O) groups excluding carboxylic acids is 1. The van der Waals surface area contributed by atoms with Crippen LogP contribution in [0.2, 0.25) is 0 Å². The molecule has 42 heavy (non-hydrogen) atoms. The maximum Gasteiger partial charge on any atom is 0.335 e. The Morgan fingerprint density at radius 2 is 1.50 bits per heavy atom. The summed E-state index contributed by atoms with van der Waals surface area (Å²) in [6.07, 6.45) is 0. The molecule has 216 valence electrons. The van der Waals surface area contributed by atoms with E-state index in [4.69, 9.17) is 25.4 Å². The normalized spacial score (nSPS) is 11.2. The number of aromatic carboxylic acids is 1. The van der Waals surface area contributed by atoms with Gasteiger partial charge >= 0.3 is 5.97 Å². The fourth-order valence-electron chi connectivity index (χ4n) is 4.27. The smallest absolute Gasteiger partial charge is 0.335 e. The molecule has 10 heteroatoms. The highest BCUT2D eigenvalue weighted by atomic mass is 16.5. The summed E-state index contributed by atoms with van der Waals surface area (Å²) in [6, 6.07) is 25.1. The molecule has 0 fully saturated rings. The minimum absolute atomic E-state index is 0.0370. The Morgan fingerprint density at radius 1 is 0.833 bits per heavy atom. The number of nitrogens with two attached hydrogens (primary N) is 1. The molecule has 10 nitrogen and oxygen atoms in total. The van der Waals surface area contributed by atoms with E-state index in [1.807, 2.05) is 30.3 Å². The van der Waals surface area contributed by atoms with E-state index in [1.165, 1.54) is 26.4 Å². The van der Waals surface area contributed by atoms with Gasteiger partial charge < -0.3 is 35.7 Å². The van der Waals surface area contributed by atoms with Crippen LogP contribution in [0.3, 0.4) is 0 Å². The Labute approximate surface area is 243 Å². The summed E-state index contributed by atoms with van der Waals surface area (Å²) in [5.41, 5.74) is 8.92. The zero-order chi connectivity index (χ0) is 30.1. The second kappa shape index (κ2) is 13.7. The summed E-state index contributed by atoms with van der Waals surface area (Å²) >= 11 is 0. The van der Waals surface area contributed by atoms with Crippen LogP contribution < -0.4 is 30.6 Å². The summed E-state index contributed by atoms with van der Waals surface area (Å²) in [5, 5.41) is 23.3. The quantitative estimate of drug-likeness (QED) is 0.114. The Hall–Kier alpha value is -5.51. The third kappa shape index (κ3) is 7.36. The van der Waals surface area contributed by atoms with Crippen LogP contribution in [0.25, 0.3) is 0 Å². The Balaban J connectivity index is 1.72. The number of rotatable bonds is 13. The highest BCUT2D eigenvalue weighted by molar-refractivity contribution is 5.95. The number of ether oxygens (including phenoxy) is 3. The second-order valence-electron chi connectivity index (χ2n) is 9.31. The van der Waals surface area contributed by atoms with E-state index in [0.29, 0.717) is 46.2 Å². The van der Waals surface area contributed by atoms with Gasteiger partial charge in [0, 0.05) is 29.4 Å². The SMILES string of the molecule is COc1cc(OCc2cccc(C(=O)O)c2)c(C(Nc2ccc(C(=N)N)cc2)C(=O)NCc2ccccc2)cc1OC. The maximum absolute atomic E-state index is 13.8. The lowest BCUT2D eigenvalue weighted by atomic mass is 10.0. The molecule has 0 bridgehead atoms. The molecule has 1 unspecified atom stereocenters. The third-order valence-electron chi connectivity index (χ3n) is 6.47. The van der Waals surface area contributed by atoms with Crippen LogP contribution in [-0.4, -0.2) is 37.0 Å². The number of nitrogens with one attached hydrogen (secondary N) is 3. The van der Waals surface area contributed by atoms with Crippen molar-refractivity contribution in [1.82, 2.24) is 5.32 Å². The van der Waals surface area contributed by atoms with Crippen LogP contribution in [0.5, 0.6) is 17.2 Å². The number of carboxylic acid groups (broad SMARTS) is 1. The lowest BCUT2D eigenvalue weighted by Crippen LogP contribution is -2.33. The molecule has 6 N–H and O–H groups in total. The van der Waals surface area contributed by atoms with Crippen molar-refractivity contribution in [3.8, 4) is 17.2 Å². The van der Waals surface area contributed by atoms with Crippen LogP contribution in [0.4, 0.5) is 5.69 Å². The summed E-state index contributed by atoms with van der Waals surface area (Å²) < 4.78 is 17.2. The molecule has 1 atom stereocenters. The van der Waals surface area contributed by atoms with Crippen molar-refractivity contribution >= 4 is 23.4 Å². The molecule has 0 aliphatic rings. The van der Waals surface area contributed by atoms with E-state index < -0.39 is 12.0 Å². The lowest BCUT2D eigenvalue weighted by molar-refractivity contribution is -0.122. The zero-order valence-electron chi connectivity index (χ0n) is 23.2. The first-order chi connectivity index (χ1) is 20.3. The molecule has 4 rings (SSSR count). The van der Waals surface area contributed by atoms with Crippen molar-refractivity contribution in [3.63, 3.8) is 0 Å². The first-order valence-electron chi connectivity index (χ1n) is 13.0. The molecule has 0 heterocycles. The molecule has 4 aromatic rings. The largest absolute Gasteiger partial charge is 0.493 e. The van der Waals surface area contributed by atoms with Gasteiger partial charge in [-0.1, -0.05) is 42.5 Å². The number of amidine groups is 1. The van der Waals surface area contributed by atoms with Crippen molar-refractivity contribution in [1.29, 1.82) is 5.41 Å². The van der Waals surface area contributed by atoms with Crippen molar-refractivity contribution in [3.05, 3.63) is 119 Å². The standard InChI is InChI=1S/C32H32N4O6/c1-40-27-16-25(26(17-28(27)41-2)42-19-21-9-6-10-23(15-21)32(38)39)29(31(37)35-18-20-7-4-3-5-8-20)36-24-13-11-22(12-14-24)30(33)34/h3-17,29,36H,18-19H2,1-2H3,(H3,33,34)(H,35,37)(H,38,39). The zero-order valence-corrected chi connectivity index (χ0v) is 23.2. The minimum Gasteiger partial charge on any atom is -0.493 e. The number of amides is 1. The van der Waals surface area contributed by atoms with Crippen molar-refractivity contribution in [2.75, 3.05) is 19.5 Å². The van der Waals surface area contributed by atoms with Crippen LogP contribution >= 0.6 is 0 Å². The van der Waals surface area contributed by atoms with Crippen molar-refractivity contribution in [2.45, 2.75) is 19.2 Å². The number of nitrogen functional groups attached to an aromatic ring is 1. The predicted octanol–water partition coefficient (Wildman–Crippen LogP) is 4.73. The van der Waals surface area contributed by atoms with E-state index in [2.05, 4.69) is 10.6 Å². The number of hydrogen-bond acceptors (Lipinski definition) is 7. The van der Waals surface area contributed by atoms with Crippen LogP contribution in [0.1, 0.15) is 38.7 Å². The average Bonchev–Trinajstić information content (AvgIpc) is 3.02. The van der Waals surface area contributed by atoms with Gasteiger partial charge in [0.2, 0.25) is 5.91 Å². The van der Waals surface area contributed by atoms with Gasteiger partial charge in [0.25, 0.3) is 0 Å². The number of carboxylic acids is 1. The van der Waals surface area contributed by atoms with E-state index in [9.17, 15) is 14.7 Å². The average molecular weight is 569 g/mol. The van der Waals surface area contributed by atoms with Gasteiger partial charge in [0.05, 0.1) is 19.8 Å². The van der Waals surface area contributed by atoms with Crippen LogP contribution in [0.15, 0.2) is 91.0 Å². The molecule has 0 radical (unpaired) electrons. The second-order valence-corrected chi connectivity index (χ2v) is 9.31. The number of anilines is 1. The topological polar surface area (TPSA) is 156 Å². The number of hydrogen-bond donors (Lipinski definition) is 5. The monoisotopic (exact) mass is 568 g/mol. The van der Waals surface area contributed by atoms with E-state index >= 15 is 0 Å². The Bertz CT molecular complexity index is 1560. The van der Waals surface area contributed by atoms with Gasteiger partial charge in [-0.2, -0.15) is 0 Å². The summed E-state index contributed by atoms with van der Waals surface area (Å²) in [6.45, 7) is 0.335. The van der Waals surface area contributed by atoms with Gasteiger partial charge in [0.15, 0.2) is 11.5 Å². The molecular weight excluding hydrogens is 536 g/mol. The minimum atomic E-state index is -1.04. The van der Waals surface area contributed by atoms with Crippen LogP contribution in [-0.2, 0) is 17.9 Å². The molecule has 0 saturated heterocycles. The van der Waals surface area contributed by atoms with Crippen molar-refractivity contribution < 1.29 is 28.9 Å². The van der Waals surface area contributed by atoms with Crippen molar-refractivity contribution in [2.24, 2.45) is 5.73 Å². The molecule has 0 saturated carbocycles. The summed E-state index contributed by atoms with van der Waals surface area (Å²) in [4.78, 5) is 25.2. The third-order valence-corrected chi connectivity index (χ3v) is 6.47. The van der Waals surface area contributed by atoms with Gasteiger partial charge in [-0.25, -0.2) is 4.79 Å². The molecule has 1 amide bonds. The van der Waals surface area contributed by atoms with Gasteiger partial charge in [-0.3, -0.25) is 10.2 Å². The lowest BCUT2D eigenvalue weighted by Gasteiger charge is -2.24. The molecular formula is C32H32N4O6. The van der Waals surface area contributed by atoms with Gasteiger partial charge in [-0.15, -0.1) is 0 Å². The highest BCUT2D eigenvalue weighted by Crippen LogP contribution is 2.39. The van der Waals surface area contributed by atoms with Gasteiger partial charge in [0.1, 0.15) is 24.2 Å². The number of benzene rings is 4. The molecule has 0 aliphatic carbocycles. The van der Waals surface area contributed by atoms with E-state index in [0.717, 1.165) is 5.56 Å². The molecule has 4 aromatic carbocycles. The van der Waals surface area contributed by atoms with Gasteiger partial charge in [-0.05, 0) is 53.6 Å². The van der Waals surface area contributed by atoms with E-state index in [-0.39, 0.29) is 23.9 Å². The Kier molecular flexibility index (Phi) is 9.62. The maximum atomic E-state index is 13.8. The fraction of sp³-hybridized carbons (Fsp3) is 0.156. The summed E-state index contributed by atoms with van der Waals surface area (Å²) in [7, 11) is 2.99. The molecule has 0 aliphatic heterocycles. The van der Waals surface area contributed by atoms with Crippen LogP contribution in [0, 0.1) is 5.41 Å². The first kappa shape index (κ1) is 29.5. The predicted molar refractivity (Wildman–Crippen MR) is 159 cm³/mol. The number of methoxy groups -OCH3 is 2. The summed E-state index contributed by atoms with van der Waals surface area (Å²) in [5.74, 6) is -0.326. The first-order valence-corrected chi connectivity index (χ1v) is 13.0. The molecule has 0 spiro atoms. The Morgan fingerprint density at radius 3 is 2.14 bits per heavy atom. The fourth-order valence-corrected chi connectivity index (χ4v) is 4.27.